The van der Waals surface area contributed by atoms with Crippen molar-refractivity contribution in [2.45, 2.75) is 20.8 Å². The fraction of sp³-hybridized carbons (Fsp3) is 0.267. The van der Waals surface area contributed by atoms with E-state index in [9.17, 15) is 4.79 Å². The van der Waals surface area contributed by atoms with Gasteiger partial charge in [0.15, 0.2) is 0 Å². The highest BCUT2D eigenvalue weighted by Crippen LogP contribution is 2.32. The second kappa shape index (κ2) is 5.20. The Morgan fingerprint density at radius 1 is 1.19 bits per heavy atom. The number of rotatable bonds is 2. The van der Waals surface area contributed by atoms with Crippen LogP contribution in [-0.2, 0) is 7.05 Å². The van der Waals surface area contributed by atoms with Gasteiger partial charge in [0.2, 0.25) is 0 Å². The number of thiazole rings is 1. The fourth-order valence-electron chi connectivity index (χ4n) is 2.17. The predicted octanol–water partition coefficient (Wildman–Crippen LogP) is 3.56. The zero-order chi connectivity index (χ0) is 15.1. The summed E-state index contributed by atoms with van der Waals surface area (Å²) in [7, 11) is 1.68. The molecular formula is C15H15N3OS2. The van der Waals surface area contributed by atoms with Gasteiger partial charge in [0, 0.05) is 17.3 Å². The second-order valence-corrected chi connectivity index (χ2v) is 7.11. The minimum Gasteiger partial charge on any atom is -0.267 e. The first-order chi connectivity index (χ1) is 9.97. The topological polar surface area (TPSA) is 47.8 Å². The summed E-state index contributed by atoms with van der Waals surface area (Å²) in [5.41, 5.74) is 3.26. The molecule has 0 N–H and O–H groups in total. The van der Waals surface area contributed by atoms with Crippen LogP contribution in [0.5, 0.6) is 0 Å². The maximum atomic E-state index is 12.4. The molecule has 3 aromatic rings. The van der Waals surface area contributed by atoms with Crippen molar-refractivity contribution < 1.29 is 0 Å². The monoisotopic (exact) mass is 317 g/mol. The lowest BCUT2D eigenvalue weighted by molar-refractivity contribution is 0.690. The van der Waals surface area contributed by atoms with Crippen LogP contribution < -0.4 is 5.56 Å². The van der Waals surface area contributed by atoms with Crippen molar-refractivity contribution in [2.75, 3.05) is 0 Å². The van der Waals surface area contributed by atoms with Crippen molar-refractivity contribution in [2.24, 2.45) is 7.05 Å². The minimum absolute atomic E-state index is 0.0960. The van der Waals surface area contributed by atoms with Gasteiger partial charge in [-0.25, -0.2) is 9.67 Å². The van der Waals surface area contributed by atoms with Crippen LogP contribution >= 0.6 is 22.7 Å². The molecule has 0 spiro atoms. The van der Waals surface area contributed by atoms with Crippen molar-refractivity contribution in [1.82, 2.24) is 14.8 Å². The smallest absolute Gasteiger partial charge is 0.267 e. The number of nitrogens with zero attached hydrogens (tertiary/aromatic N) is 3. The molecule has 0 unspecified atom stereocenters. The molecule has 0 fully saturated rings. The molecule has 0 saturated carbocycles. The molecular weight excluding hydrogens is 302 g/mol. The number of hydrogen-bond donors (Lipinski definition) is 0. The molecule has 3 aromatic heterocycles. The van der Waals surface area contributed by atoms with Gasteiger partial charge in [-0.1, -0.05) is 0 Å². The third kappa shape index (κ3) is 2.45. The summed E-state index contributed by atoms with van der Waals surface area (Å²) in [5, 5.41) is 6.98. The molecule has 0 aliphatic rings. The van der Waals surface area contributed by atoms with E-state index in [4.69, 9.17) is 0 Å². The summed E-state index contributed by atoms with van der Waals surface area (Å²) in [4.78, 5) is 19.4. The molecule has 21 heavy (non-hydrogen) atoms. The number of thiophene rings is 1. The Balaban J connectivity index is 2.15. The Kier molecular flexibility index (Phi) is 3.51. The van der Waals surface area contributed by atoms with Gasteiger partial charge in [0.05, 0.1) is 21.8 Å². The van der Waals surface area contributed by atoms with Crippen LogP contribution in [0.1, 0.15) is 16.1 Å². The lowest BCUT2D eigenvalue weighted by Crippen LogP contribution is -2.23. The molecule has 3 rings (SSSR count). The van der Waals surface area contributed by atoms with Gasteiger partial charge in [-0.2, -0.15) is 5.10 Å². The molecule has 0 saturated heterocycles. The summed E-state index contributed by atoms with van der Waals surface area (Å²) in [5.74, 6) is 0. The molecule has 4 nitrogen and oxygen atoms in total. The number of hydrogen-bond acceptors (Lipinski definition) is 5. The van der Waals surface area contributed by atoms with E-state index in [0.29, 0.717) is 5.56 Å². The average molecular weight is 317 g/mol. The minimum atomic E-state index is -0.0960. The second-order valence-electron chi connectivity index (χ2n) is 4.96. The number of aryl methyl sites for hydroxylation is 3. The zero-order valence-corrected chi connectivity index (χ0v) is 13.9. The third-order valence-electron chi connectivity index (χ3n) is 3.44. The van der Waals surface area contributed by atoms with Crippen LogP contribution in [-0.4, -0.2) is 14.8 Å². The van der Waals surface area contributed by atoms with Gasteiger partial charge in [0.25, 0.3) is 5.56 Å². The highest BCUT2D eigenvalue weighted by molar-refractivity contribution is 7.16. The predicted molar refractivity (Wildman–Crippen MR) is 88.1 cm³/mol. The molecule has 3 heterocycles. The quantitative estimate of drug-likeness (QED) is 0.726. The van der Waals surface area contributed by atoms with Gasteiger partial charge in [-0.3, -0.25) is 4.79 Å². The molecule has 0 radical (unpaired) electrons. The Bertz CT molecular complexity index is 873. The summed E-state index contributed by atoms with van der Waals surface area (Å²) < 4.78 is 1.38. The third-order valence-corrected chi connectivity index (χ3v) is 5.32. The van der Waals surface area contributed by atoms with E-state index in [2.05, 4.69) is 29.1 Å². The molecule has 0 aromatic carbocycles. The highest BCUT2D eigenvalue weighted by Gasteiger charge is 2.16. The van der Waals surface area contributed by atoms with Crippen molar-refractivity contribution >= 4 is 22.7 Å². The number of aromatic nitrogens is 3. The van der Waals surface area contributed by atoms with Crippen LogP contribution in [0.2, 0.25) is 0 Å². The molecule has 0 bridgehead atoms. The highest BCUT2D eigenvalue weighted by atomic mass is 32.1. The average Bonchev–Trinajstić information content (AvgIpc) is 3.06. The van der Waals surface area contributed by atoms with Crippen molar-refractivity contribution in [3.05, 3.63) is 44.0 Å². The Hall–Kier alpha value is -1.79. The van der Waals surface area contributed by atoms with E-state index in [0.717, 1.165) is 26.8 Å². The normalized spacial score (nSPS) is 11.0. The van der Waals surface area contributed by atoms with Crippen molar-refractivity contribution in [3.63, 3.8) is 0 Å². The summed E-state index contributed by atoms with van der Waals surface area (Å²) in [6.07, 6.45) is 0. The molecule has 0 atom stereocenters. The SMILES string of the molecule is Cc1ccc(-c2csc(-c3c(C)c(C)nn(C)c3=O)n2)s1. The zero-order valence-electron chi connectivity index (χ0n) is 12.3. The lowest BCUT2D eigenvalue weighted by Gasteiger charge is -2.07. The van der Waals surface area contributed by atoms with Gasteiger partial charge in [-0.15, -0.1) is 22.7 Å². The van der Waals surface area contributed by atoms with Gasteiger partial charge < -0.3 is 0 Å². The Morgan fingerprint density at radius 3 is 2.62 bits per heavy atom. The first-order valence-corrected chi connectivity index (χ1v) is 8.24. The van der Waals surface area contributed by atoms with Crippen molar-refractivity contribution in [1.29, 1.82) is 0 Å². The van der Waals surface area contributed by atoms with Crippen molar-refractivity contribution in [3.8, 4) is 21.1 Å². The maximum Gasteiger partial charge on any atom is 0.277 e. The van der Waals surface area contributed by atoms with Crippen LogP contribution in [0.25, 0.3) is 21.1 Å². The Morgan fingerprint density at radius 2 is 1.95 bits per heavy atom. The first kappa shape index (κ1) is 14.2. The maximum absolute atomic E-state index is 12.4. The van der Waals surface area contributed by atoms with E-state index in [1.54, 1.807) is 18.4 Å². The largest absolute Gasteiger partial charge is 0.277 e. The van der Waals surface area contributed by atoms with E-state index in [1.165, 1.54) is 20.9 Å². The van der Waals surface area contributed by atoms with Crippen LogP contribution in [0.4, 0.5) is 0 Å². The molecule has 108 valence electrons. The van der Waals surface area contributed by atoms with E-state index in [-0.39, 0.29) is 5.56 Å². The molecule has 6 heteroatoms. The van der Waals surface area contributed by atoms with Crippen LogP contribution in [0, 0.1) is 20.8 Å². The van der Waals surface area contributed by atoms with Gasteiger partial charge in [-0.05, 0) is 38.5 Å². The van der Waals surface area contributed by atoms with Gasteiger partial charge in [0.1, 0.15) is 5.01 Å². The van der Waals surface area contributed by atoms with Gasteiger partial charge >= 0.3 is 0 Å². The first-order valence-electron chi connectivity index (χ1n) is 6.54. The van der Waals surface area contributed by atoms with E-state index >= 15 is 0 Å². The summed E-state index contributed by atoms with van der Waals surface area (Å²) in [6, 6.07) is 4.15. The molecule has 0 amide bonds. The molecule has 0 aliphatic heterocycles. The standard InChI is InChI=1S/C15H15N3OS2/c1-8-5-6-12(21-8)11-7-20-14(16-11)13-9(2)10(3)17-18(4)15(13)19/h5-7H,1-4H3. The lowest BCUT2D eigenvalue weighted by atomic mass is 10.1. The van der Waals surface area contributed by atoms with E-state index in [1.807, 2.05) is 19.2 Å². The summed E-state index contributed by atoms with van der Waals surface area (Å²) >= 11 is 3.22. The molecule has 0 aliphatic carbocycles. The van der Waals surface area contributed by atoms with Crippen LogP contribution in [0.15, 0.2) is 22.3 Å². The summed E-state index contributed by atoms with van der Waals surface area (Å²) in [6.45, 7) is 5.92. The Labute approximate surface area is 130 Å². The fourth-order valence-corrected chi connectivity index (χ4v) is 3.99. The van der Waals surface area contributed by atoms with Crippen LogP contribution in [0.3, 0.4) is 0 Å². The van der Waals surface area contributed by atoms with E-state index < -0.39 is 0 Å².